The summed E-state index contributed by atoms with van der Waals surface area (Å²) in [6.45, 7) is 2.56. The molecule has 9 heteroatoms. The minimum Gasteiger partial charge on any atom is -0.497 e. The van der Waals surface area contributed by atoms with E-state index in [0.29, 0.717) is 17.1 Å². The lowest BCUT2D eigenvalue weighted by atomic mass is 10.3. The first-order chi connectivity index (χ1) is 13.3. The third-order valence-corrected chi connectivity index (χ3v) is 6.96. The van der Waals surface area contributed by atoms with Crippen LogP contribution in [0.25, 0.3) is 10.2 Å². The highest BCUT2D eigenvalue weighted by Gasteiger charge is 2.17. The van der Waals surface area contributed by atoms with E-state index in [2.05, 4.69) is 4.99 Å². The van der Waals surface area contributed by atoms with Crippen molar-refractivity contribution in [3.63, 3.8) is 0 Å². The molecule has 0 atom stereocenters. The molecule has 1 heterocycles. The molecule has 3 aromatic rings. The van der Waals surface area contributed by atoms with Gasteiger partial charge in [-0.1, -0.05) is 11.3 Å². The largest absolute Gasteiger partial charge is 0.497 e. The van der Waals surface area contributed by atoms with E-state index >= 15 is 0 Å². The predicted molar refractivity (Wildman–Crippen MR) is 106 cm³/mol. The van der Waals surface area contributed by atoms with Crippen molar-refractivity contribution >= 4 is 37.3 Å². The number of carbonyl (C=O) groups is 1. The summed E-state index contributed by atoms with van der Waals surface area (Å²) in [5.74, 6) is -0.714. The number of nitrogens with zero attached hydrogens (tertiary/aromatic N) is 2. The van der Waals surface area contributed by atoms with Crippen LogP contribution in [0.3, 0.4) is 0 Å². The van der Waals surface area contributed by atoms with E-state index in [1.165, 1.54) is 23.5 Å². The van der Waals surface area contributed by atoms with Crippen molar-refractivity contribution in [2.45, 2.75) is 24.8 Å². The van der Waals surface area contributed by atoms with Crippen LogP contribution in [0.15, 0.2) is 52.4 Å². The first-order valence-corrected chi connectivity index (χ1v) is 11.0. The van der Waals surface area contributed by atoms with Crippen molar-refractivity contribution < 1.29 is 22.3 Å². The average Bonchev–Trinajstić information content (AvgIpc) is 3.02. The van der Waals surface area contributed by atoms with Crippen LogP contribution in [0.4, 0.5) is 4.39 Å². The number of benzene rings is 2. The summed E-state index contributed by atoms with van der Waals surface area (Å²) in [7, 11) is -2.10. The van der Waals surface area contributed by atoms with Gasteiger partial charge in [0.05, 0.1) is 28.0 Å². The van der Waals surface area contributed by atoms with Crippen molar-refractivity contribution in [2.24, 2.45) is 4.99 Å². The Kier molecular flexibility index (Phi) is 5.95. The van der Waals surface area contributed by atoms with Crippen LogP contribution >= 0.6 is 11.3 Å². The Morgan fingerprint density at radius 1 is 1.21 bits per heavy atom. The summed E-state index contributed by atoms with van der Waals surface area (Å²) < 4.78 is 45.6. The highest BCUT2D eigenvalue weighted by atomic mass is 32.2. The second kappa shape index (κ2) is 8.24. The second-order valence-corrected chi connectivity index (χ2v) is 9.11. The highest BCUT2D eigenvalue weighted by Crippen LogP contribution is 2.23. The van der Waals surface area contributed by atoms with Gasteiger partial charge in [-0.3, -0.25) is 4.79 Å². The number of ether oxygens (including phenoxy) is 1. The topological polar surface area (TPSA) is 77.7 Å². The Labute approximate surface area is 165 Å². The second-order valence-electron chi connectivity index (χ2n) is 5.99. The molecule has 0 radical (unpaired) electrons. The first kappa shape index (κ1) is 20.2. The van der Waals surface area contributed by atoms with Crippen LogP contribution in [-0.2, 0) is 21.2 Å². The van der Waals surface area contributed by atoms with Crippen LogP contribution in [0, 0.1) is 5.82 Å². The SMILES string of the molecule is CCn1c(=NC(=O)CCS(=O)(=O)c2ccc(F)cc2)sc2cc(OC)ccc21. The molecule has 6 nitrogen and oxygen atoms in total. The van der Waals surface area contributed by atoms with Gasteiger partial charge in [-0.05, 0) is 49.4 Å². The minimum absolute atomic E-state index is 0.0146. The Hall–Kier alpha value is -2.52. The molecule has 0 saturated heterocycles. The molecule has 0 unspecified atom stereocenters. The number of sulfone groups is 1. The minimum atomic E-state index is -3.68. The van der Waals surface area contributed by atoms with Crippen molar-refractivity contribution in [1.29, 1.82) is 0 Å². The van der Waals surface area contributed by atoms with Gasteiger partial charge < -0.3 is 9.30 Å². The van der Waals surface area contributed by atoms with Gasteiger partial charge in [0.2, 0.25) is 5.91 Å². The fourth-order valence-corrected chi connectivity index (χ4v) is 5.08. The molecule has 28 heavy (non-hydrogen) atoms. The van der Waals surface area contributed by atoms with Crippen LogP contribution in [0.5, 0.6) is 5.75 Å². The van der Waals surface area contributed by atoms with Crippen LogP contribution in [-0.4, -0.2) is 31.8 Å². The molecule has 0 aliphatic rings. The van der Waals surface area contributed by atoms with E-state index in [1.807, 2.05) is 29.7 Å². The maximum Gasteiger partial charge on any atom is 0.249 e. The lowest BCUT2D eigenvalue weighted by molar-refractivity contribution is -0.117. The van der Waals surface area contributed by atoms with Gasteiger partial charge in [0.15, 0.2) is 14.6 Å². The lowest BCUT2D eigenvalue weighted by Gasteiger charge is -2.03. The third-order valence-electron chi connectivity index (χ3n) is 4.18. The van der Waals surface area contributed by atoms with Gasteiger partial charge in [0.25, 0.3) is 0 Å². The summed E-state index contributed by atoms with van der Waals surface area (Å²) in [6.07, 6.45) is -0.249. The third kappa shape index (κ3) is 4.31. The lowest BCUT2D eigenvalue weighted by Crippen LogP contribution is -2.17. The van der Waals surface area contributed by atoms with E-state index in [-0.39, 0.29) is 17.1 Å². The number of halogens is 1. The van der Waals surface area contributed by atoms with E-state index in [4.69, 9.17) is 4.74 Å². The van der Waals surface area contributed by atoms with E-state index in [0.717, 1.165) is 22.3 Å². The molecule has 148 valence electrons. The average molecular weight is 423 g/mol. The summed E-state index contributed by atoms with van der Waals surface area (Å²) in [4.78, 5) is 16.9. The zero-order valence-corrected chi connectivity index (χ0v) is 17.0. The molecule has 0 aliphatic heterocycles. The molecule has 0 bridgehead atoms. The fourth-order valence-electron chi connectivity index (χ4n) is 2.72. The number of hydrogen-bond donors (Lipinski definition) is 0. The van der Waals surface area contributed by atoms with Gasteiger partial charge in [-0.25, -0.2) is 12.8 Å². The number of hydrogen-bond acceptors (Lipinski definition) is 5. The molecule has 0 spiro atoms. The molecule has 0 fully saturated rings. The number of fused-ring (bicyclic) bond motifs is 1. The molecular formula is C19H19FN2O4S2. The molecule has 0 N–H and O–H groups in total. The van der Waals surface area contributed by atoms with Gasteiger partial charge in [-0.2, -0.15) is 4.99 Å². The Morgan fingerprint density at radius 3 is 2.57 bits per heavy atom. The number of aryl methyl sites for hydroxylation is 1. The zero-order chi connectivity index (χ0) is 20.3. The smallest absolute Gasteiger partial charge is 0.249 e. The zero-order valence-electron chi connectivity index (χ0n) is 15.4. The van der Waals surface area contributed by atoms with Crippen LogP contribution < -0.4 is 9.54 Å². The van der Waals surface area contributed by atoms with Crippen molar-refractivity contribution in [3.8, 4) is 5.75 Å². The summed E-state index contributed by atoms with van der Waals surface area (Å²) in [5.41, 5.74) is 0.929. The predicted octanol–water partition coefficient (Wildman–Crippen LogP) is 3.16. The number of thiazole rings is 1. The fraction of sp³-hybridized carbons (Fsp3) is 0.263. The molecular weight excluding hydrogens is 403 g/mol. The summed E-state index contributed by atoms with van der Waals surface area (Å²) in [6, 6.07) is 10.1. The van der Waals surface area contributed by atoms with Crippen LogP contribution in [0.2, 0.25) is 0 Å². The number of rotatable bonds is 6. The molecule has 0 aliphatic carbocycles. The molecule has 1 amide bonds. The quantitative estimate of drug-likeness (QED) is 0.572. The first-order valence-electron chi connectivity index (χ1n) is 8.57. The van der Waals surface area contributed by atoms with E-state index in [1.54, 1.807) is 7.11 Å². The van der Waals surface area contributed by atoms with Crippen LogP contribution in [0.1, 0.15) is 13.3 Å². The highest BCUT2D eigenvalue weighted by molar-refractivity contribution is 7.91. The monoisotopic (exact) mass is 422 g/mol. The number of amides is 1. The number of methoxy groups -OCH3 is 1. The Balaban J connectivity index is 1.83. The standard InChI is InChI=1S/C19H19FN2O4S2/c1-3-22-16-9-6-14(26-2)12-17(16)27-19(22)21-18(23)10-11-28(24,25)15-7-4-13(20)5-8-15/h4-9,12H,3,10-11H2,1-2H3. The maximum absolute atomic E-state index is 13.0. The summed E-state index contributed by atoms with van der Waals surface area (Å²) >= 11 is 1.34. The number of carbonyl (C=O) groups excluding carboxylic acids is 1. The van der Waals surface area contributed by atoms with Crippen molar-refractivity contribution in [2.75, 3.05) is 12.9 Å². The molecule has 3 rings (SSSR count). The van der Waals surface area contributed by atoms with Crippen molar-refractivity contribution in [1.82, 2.24) is 4.57 Å². The maximum atomic E-state index is 13.0. The number of aromatic nitrogens is 1. The van der Waals surface area contributed by atoms with E-state index in [9.17, 15) is 17.6 Å². The molecule has 2 aromatic carbocycles. The van der Waals surface area contributed by atoms with Crippen molar-refractivity contribution in [3.05, 3.63) is 53.1 Å². The van der Waals surface area contributed by atoms with Gasteiger partial charge in [0, 0.05) is 13.0 Å². The van der Waals surface area contributed by atoms with Gasteiger partial charge in [-0.15, -0.1) is 0 Å². The van der Waals surface area contributed by atoms with Gasteiger partial charge in [0.1, 0.15) is 11.6 Å². The molecule has 1 aromatic heterocycles. The Bertz CT molecular complexity index is 1180. The normalized spacial score (nSPS) is 12.5. The molecule has 0 saturated carbocycles. The van der Waals surface area contributed by atoms with Gasteiger partial charge >= 0.3 is 0 Å². The Morgan fingerprint density at radius 2 is 1.93 bits per heavy atom. The summed E-state index contributed by atoms with van der Waals surface area (Å²) in [5, 5.41) is 0. The van der Waals surface area contributed by atoms with E-state index < -0.39 is 21.6 Å².